The fourth-order valence-electron chi connectivity index (χ4n) is 2.48. The standard InChI is InChI=1S/C22H19BrN2O4/c1-15(26)24-20-12-7-16(23)13-21(20)25-22(27)14-28-17-8-10-19(11-9-17)29-18-5-3-2-4-6-18/h2-13H,14H2,1H3,(H,24,26)(H,25,27). The number of hydrogen-bond acceptors (Lipinski definition) is 4. The Morgan fingerprint density at radius 3 is 2.17 bits per heavy atom. The van der Waals surface area contributed by atoms with E-state index in [1.165, 1.54) is 6.92 Å². The number of para-hydroxylation sites is 1. The van der Waals surface area contributed by atoms with E-state index in [9.17, 15) is 9.59 Å². The van der Waals surface area contributed by atoms with Gasteiger partial charge in [-0.3, -0.25) is 9.59 Å². The summed E-state index contributed by atoms with van der Waals surface area (Å²) in [5, 5.41) is 5.41. The molecule has 0 fully saturated rings. The minimum atomic E-state index is -0.348. The molecule has 0 aromatic heterocycles. The SMILES string of the molecule is CC(=O)Nc1ccc(Br)cc1NC(=O)COc1ccc(Oc2ccccc2)cc1. The number of nitrogens with one attached hydrogen (secondary N) is 2. The van der Waals surface area contributed by atoms with E-state index in [0.29, 0.717) is 22.9 Å². The molecule has 0 unspecified atom stereocenters. The molecular formula is C22H19BrN2O4. The first-order valence-corrected chi connectivity index (χ1v) is 9.61. The third kappa shape index (κ3) is 6.36. The van der Waals surface area contributed by atoms with Crippen molar-refractivity contribution in [2.75, 3.05) is 17.2 Å². The lowest BCUT2D eigenvalue weighted by Crippen LogP contribution is -2.21. The summed E-state index contributed by atoms with van der Waals surface area (Å²) in [6, 6.07) is 21.6. The molecule has 0 saturated carbocycles. The van der Waals surface area contributed by atoms with Gasteiger partial charge in [0, 0.05) is 11.4 Å². The summed E-state index contributed by atoms with van der Waals surface area (Å²) in [5.41, 5.74) is 0.992. The predicted molar refractivity (Wildman–Crippen MR) is 116 cm³/mol. The number of anilines is 2. The summed E-state index contributed by atoms with van der Waals surface area (Å²) in [6.45, 7) is 1.23. The Morgan fingerprint density at radius 1 is 0.828 bits per heavy atom. The second-order valence-corrected chi connectivity index (χ2v) is 7.01. The summed E-state index contributed by atoms with van der Waals surface area (Å²) >= 11 is 3.35. The summed E-state index contributed by atoms with van der Waals surface area (Å²) < 4.78 is 12.0. The smallest absolute Gasteiger partial charge is 0.262 e. The maximum atomic E-state index is 12.3. The van der Waals surface area contributed by atoms with Crippen LogP contribution in [0.4, 0.5) is 11.4 Å². The van der Waals surface area contributed by atoms with Crippen LogP contribution in [-0.4, -0.2) is 18.4 Å². The fourth-order valence-corrected chi connectivity index (χ4v) is 2.84. The molecule has 3 rings (SSSR count). The third-order valence-corrected chi connectivity index (χ3v) is 4.23. The molecule has 0 aliphatic rings. The van der Waals surface area contributed by atoms with E-state index in [1.807, 2.05) is 30.3 Å². The monoisotopic (exact) mass is 454 g/mol. The van der Waals surface area contributed by atoms with Crippen molar-refractivity contribution < 1.29 is 19.1 Å². The van der Waals surface area contributed by atoms with Gasteiger partial charge in [-0.1, -0.05) is 34.1 Å². The highest BCUT2D eigenvalue weighted by Crippen LogP contribution is 2.26. The molecule has 3 aromatic rings. The molecule has 0 saturated heterocycles. The van der Waals surface area contributed by atoms with Gasteiger partial charge in [-0.05, 0) is 54.6 Å². The number of carbonyl (C=O) groups is 2. The fraction of sp³-hybridized carbons (Fsp3) is 0.0909. The number of benzene rings is 3. The van der Waals surface area contributed by atoms with Crippen molar-refractivity contribution in [1.29, 1.82) is 0 Å². The first kappa shape index (κ1) is 20.4. The van der Waals surface area contributed by atoms with Gasteiger partial charge in [-0.15, -0.1) is 0 Å². The van der Waals surface area contributed by atoms with Crippen LogP contribution in [0.25, 0.3) is 0 Å². The quantitative estimate of drug-likeness (QED) is 0.513. The summed E-state index contributed by atoms with van der Waals surface area (Å²) in [7, 11) is 0. The molecule has 0 atom stereocenters. The number of halogens is 1. The van der Waals surface area contributed by atoms with Gasteiger partial charge < -0.3 is 20.1 Å². The van der Waals surface area contributed by atoms with Crippen LogP contribution in [0, 0.1) is 0 Å². The summed E-state index contributed by atoms with van der Waals surface area (Å²) in [6.07, 6.45) is 0. The van der Waals surface area contributed by atoms with E-state index in [2.05, 4.69) is 26.6 Å². The van der Waals surface area contributed by atoms with Crippen molar-refractivity contribution in [3.63, 3.8) is 0 Å². The van der Waals surface area contributed by atoms with Gasteiger partial charge in [0.25, 0.3) is 5.91 Å². The minimum Gasteiger partial charge on any atom is -0.484 e. The van der Waals surface area contributed by atoms with Gasteiger partial charge in [0.05, 0.1) is 11.4 Å². The highest BCUT2D eigenvalue weighted by molar-refractivity contribution is 9.10. The minimum absolute atomic E-state index is 0.176. The molecule has 2 N–H and O–H groups in total. The van der Waals surface area contributed by atoms with Crippen LogP contribution in [0.5, 0.6) is 17.2 Å². The lowest BCUT2D eigenvalue weighted by molar-refractivity contribution is -0.118. The lowest BCUT2D eigenvalue weighted by Gasteiger charge is -2.13. The molecule has 6 nitrogen and oxygen atoms in total. The Hall–Kier alpha value is -3.32. The molecule has 0 aliphatic carbocycles. The molecule has 3 aromatic carbocycles. The topological polar surface area (TPSA) is 76.7 Å². The van der Waals surface area contributed by atoms with Crippen molar-refractivity contribution in [2.24, 2.45) is 0 Å². The number of rotatable bonds is 7. The first-order valence-electron chi connectivity index (χ1n) is 8.82. The van der Waals surface area contributed by atoms with Crippen LogP contribution in [0.2, 0.25) is 0 Å². The van der Waals surface area contributed by atoms with E-state index in [0.717, 1.165) is 10.2 Å². The molecule has 7 heteroatoms. The average Bonchev–Trinajstić information content (AvgIpc) is 2.70. The Labute approximate surface area is 177 Å². The third-order valence-electron chi connectivity index (χ3n) is 3.74. The van der Waals surface area contributed by atoms with Crippen molar-refractivity contribution in [1.82, 2.24) is 0 Å². The van der Waals surface area contributed by atoms with Crippen LogP contribution in [0.1, 0.15) is 6.92 Å². The van der Waals surface area contributed by atoms with Crippen LogP contribution >= 0.6 is 15.9 Å². The first-order chi connectivity index (χ1) is 14.0. The molecule has 0 bridgehead atoms. The van der Waals surface area contributed by atoms with Crippen LogP contribution in [0.15, 0.2) is 77.3 Å². The average molecular weight is 455 g/mol. The van der Waals surface area contributed by atoms with E-state index in [4.69, 9.17) is 9.47 Å². The zero-order valence-electron chi connectivity index (χ0n) is 15.6. The van der Waals surface area contributed by atoms with Crippen molar-refractivity contribution in [2.45, 2.75) is 6.92 Å². The number of amides is 2. The zero-order chi connectivity index (χ0) is 20.6. The second-order valence-electron chi connectivity index (χ2n) is 6.09. The Balaban J connectivity index is 1.56. The van der Waals surface area contributed by atoms with Crippen LogP contribution < -0.4 is 20.1 Å². The van der Waals surface area contributed by atoms with Crippen LogP contribution in [-0.2, 0) is 9.59 Å². The maximum Gasteiger partial charge on any atom is 0.262 e. The van der Waals surface area contributed by atoms with Crippen molar-refractivity contribution in [3.8, 4) is 17.2 Å². The largest absolute Gasteiger partial charge is 0.484 e. The van der Waals surface area contributed by atoms with E-state index < -0.39 is 0 Å². The zero-order valence-corrected chi connectivity index (χ0v) is 17.2. The highest BCUT2D eigenvalue weighted by Gasteiger charge is 2.10. The lowest BCUT2D eigenvalue weighted by atomic mass is 10.2. The molecular weight excluding hydrogens is 436 g/mol. The number of hydrogen-bond donors (Lipinski definition) is 2. The molecule has 29 heavy (non-hydrogen) atoms. The molecule has 0 aliphatic heterocycles. The Bertz CT molecular complexity index is 991. The second kappa shape index (κ2) is 9.75. The predicted octanol–water partition coefficient (Wildman–Crippen LogP) is 5.22. The normalized spacial score (nSPS) is 10.1. The van der Waals surface area contributed by atoms with Gasteiger partial charge in [0.2, 0.25) is 5.91 Å². The van der Waals surface area contributed by atoms with Gasteiger partial charge in [-0.25, -0.2) is 0 Å². The maximum absolute atomic E-state index is 12.3. The van der Waals surface area contributed by atoms with E-state index in [-0.39, 0.29) is 18.4 Å². The highest BCUT2D eigenvalue weighted by atomic mass is 79.9. The van der Waals surface area contributed by atoms with Crippen molar-refractivity contribution >= 4 is 39.1 Å². The van der Waals surface area contributed by atoms with Gasteiger partial charge >= 0.3 is 0 Å². The molecule has 0 radical (unpaired) electrons. The Morgan fingerprint density at radius 2 is 1.48 bits per heavy atom. The summed E-state index contributed by atoms with van der Waals surface area (Å²) in [4.78, 5) is 23.6. The van der Waals surface area contributed by atoms with Crippen LogP contribution in [0.3, 0.4) is 0 Å². The molecule has 148 valence electrons. The van der Waals surface area contributed by atoms with Gasteiger partial charge in [0.1, 0.15) is 17.2 Å². The van der Waals surface area contributed by atoms with Gasteiger partial charge in [-0.2, -0.15) is 0 Å². The van der Waals surface area contributed by atoms with E-state index in [1.54, 1.807) is 42.5 Å². The van der Waals surface area contributed by atoms with Crippen molar-refractivity contribution in [3.05, 3.63) is 77.3 Å². The Kier molecular flexibility index (Phi) is 6.86. The molecule has 0 spiro atoms. The van der Waals surface area contributed by atoms with E-state index >= 15 is 0 Å². The summed E-state index contributed by atoms with van der Waals surface area (Å²) in [5.74, 6) is 1.37. The number of ether oxygens (including phenoxy) is 2. The number of carbonyl (C=O) groups excluding carboxylic acids is 2. The molecule has 2 amide bonds. The van der Waals surface area contributed by atoms with Gasteiger partial charge in [0.15, 0.2) is 6.61 Å². The molecule has 0 heterocycles.